The zero-order valence-corrected chi connectivity index (χ0v) is 18.1. The lowest BCUT2D eigenvalue weighted by Crippen LogP contribution is -2.51. The van der Waals surface area contributed by atoms with Gasteiger partial charge in [-0.25, -0.2) is 13.2 Å². The topological polar surface area (TPSA) is 136 Å². The van der Waals surface area contributed by atoms with E-state index in [0.29, 0.717) is 5.02 Å². The summed E-state index contributed by atoms with van der Waals surface area (Å²) in [6.07, 6.45) is 0. The van der Waals surface area contributed by atoms with E-state index in [4.69, 9.17) is 16.0 Å². The molecule has 0 spiro atoms. The minimum absolute atomic E-state index is 0.00874. The minimum atomic E-state index is -3.74. The third-order valence-corrected chi connectivity index (χ3v) is 7.31. The number of sulfonamides is 1. The number of hydrogen-bond acceptors (Lipinski definition) is 7. The summed E-state index contributed by atoms with van der Waals surface area (Å²) < 4.78 is 33.0. The molecule has 1 fully saturated rings. The maximum Gasteiger partial charge on any atom is 0.420 e. The fourth-order valence-electron chi connectivity index (χ4n) is 3.51. The quantitative estimate of drug-likeness (QED) is 0.400. The lowest BCUT2D eigenvalue weighted by atomic mass is 10.3. The Bertz CT molecular complexity index is 1370. The highest BCUT2D eigenvalue weighted by Gasteiger charge is 2.30. The van der Waals surface area contributed by atoms with E-state index in [-0.39, 0.29) is 54.4 Å². The molecule has 13 heteroatoms. The normalized spacial score (nSPS) is 15.2. The molecule has 0 N–H and O–H groups in total. The van der Waals surface area contributed by atoms with Crippen molar-refractivity contribution in [2.45, 2.75) is 11.4 Å². The summed E-state index contributed by atoms with van der Waals surface area (Å²) in [4.78, 5) is 36.7. The van der Waals surface area contributed by atoms with Gasteiger partial charge in [-0.3, -0.25) is 19.5 Å². The van der Waals surface area contributed by atoms with Crippen LogP contribution in [0.25, 0.3) is 11.1 Å². The summed E-state index contributed by atoms with van der Waals surface area (Å²) in [5.41, 5.74) is 0.0346. The maximum atomic E-state index is 12.8. The van der Waals surface area contributed by atoms with Gasteiger partial charge in [0.25, 0.3) is 5.69 Å². The van der Waals surface area contributed by atoms with Gasteiger partial charge in [0, 0.05) is 37.3 Å². The lowest BCUT2D eigenvalue weighted by molar-refractivity contribution is -0.384. The van der Waals surface area contributed by atoms with Crippen LogP contribution in [-0.4, -0.2) is 59.2 Å². The van der Waals surface area contributed by atoms with E-state index in [0.717, 1.165) is 10.6 Å². The molecule has 1 saturated heterocycles. The van der Waals surface area contributed by atoms with Gasteiger partial charge in [-0.2, -0.15) is 4.31 Å². The number of fused-ring (bicyclic) bond motifs is 1. The Morgan fingerprint density at radius 3 is 2.50 bits per heavy atom. The maximum absolute atomic E-state index is 12.8. The minimum Gasteiger partial charge on any atom is -0.407 e. The highest BCUT2D eigenvalue weighted by atomic mass is 35.5. The van der Waals surface area contributed by atoms with Crippen LogP contribution in [0.4, 0.5) is 5.69 Å². The van der Waals surface area contributed by atoms with Crippen molar-refractivity contribution < 1.29 is 22.6 Å². The van der Waals surface area contributed by atoms with E-state index in [1.807, 2.05) is 0 Å². The van der Waals surface area contributed by atoms with Crippen LogP contribution in [0.3, 0.4) is 0 Å². The molecule has 1 aliphatic rings. The summed E-state index contributed by atoms with van der Waals surface area (Å²) in [6, 6.07) is 9.65. The predicted octanol–water partition coefficient (Wildman–Crippen LogP) is 1.69. The number of nitro groups is 1. The van der Waals surface area contributed by atoms with E-state index < -0.39 is 26.6 Å². The van der Waals surface area contributed by atoms with Gasteiger partial charge in [-0.1, -0.05) is 17.7 Å². The highest BCUT2D eigenvalue weighted by molar-refractivity contribution is 7.89. The molecule has 32 heavy (non-hydrogen) atoms. The first-order valence-corrected chi connectivity index (χ1v) is 11.3. The number of rotatable bonds is 5. The first kappa shape index (κ1) is 22.0. The van der Waals surface area contributed by atoms with E-state index in [1.165, 1.54) is 33.5 Å². The number of hydrogen-bond donors (Lipinski definition) is 0. The average molecular weight is 481 g/mol. The number of carbonyl (C=O) groups is 1. The Morgan fingerprint density at radius 2 is 1.84 bits per heavy atom. The molecule has 168 valence electrons. The van der Waals surface area contributed by atoms with Crippen LogP contribution in [0.15, 0.2) is 56.6 Å². The van der Waals surface area contributed by atoms with Crippen molar-refractivity contribution in [3.05, 3.63) is 68.2 Å². The molecule has 3 aromatic rings. The van der Waals surface area contributed by atoms with Gasteiger partial charge in [-0.15, -0.1) is 0 Å². The van der Waals surface area contributed by atoms with Gasteiger partial charge in [0.1, 0.15) is 6.54 Å². The second-order valence-corrected chi connectivity index (χ2v) is 9.48. The van der Waals surface area contributed by atoms with Crippen LogP contribution in [0.2, 0.25) is 5.02 Å². The second-order valence-electron chi connectivity index (χ2n) is 7.11. The van der Waals surface area contributed by atoms with Crippen molar-refractivity contribution in [3.8, 4) is 0 Å². The molecule has 0 bridgehead atoms. The van der Waals surface area contributed by atoms with E-state index in [9.17, 15) is 28.1 Å². The van der Waals surface area contributed by atoms with Crippen LogP contribution in [-0.2, 0) is 21.4 Å². The molecule has 1 aliphatic heterocycles. The Labute approximate surface area is 186 Å². The first-order chi connectivity index (χ1) is 15.2. The predicted molar refractivity (Wildman–Crippen MR) is 114 cm³/mol. The van der Waals surface area contributed by atoms with Gasteiger partial charge in [0.15, 0.2) is 5.58 Å². The average Bonchev–Trinajstić information content (AvgIpc) is 3.08. The highest BCUT2D eigenvalue weighted by Crippen LogP contribution is 2.22. The number of non-ortho nitro benzene ring substituents is 1. The standard InChI is InChI=1S/C19H17ClN4O7S/c20-13-2-1-3-15(10-13)32(29,30)22-8-6-21(7-9-22)18(25)12-23-16-5-4-14(24(27)28)11-17(16)31-19(23)26/h1-5,10-11H,6-9,12H2. The molecular formula is C19H17ClN4O7S. The van der Waals surface area contributed by atoms with Crippen LogP contribution in [0.5, 0.6) is 0 Å². The lowest BCUT2D eigenvalue weighted by Gasteiger charge is -2.34. The van der Waals surface area contributed by atoms with Gasteiger partial charge >= 0.3 is 5.76 Å². The molecule has 0 radical (unpaired) electrons. The molecule has 0 aliphatic carbocycles. The number of nitro benzene ring substituents is 1. The van der Waals surface area contributed by atoms with Gasteiger partial charge < -0.3 is 9.32 Å². The van der Waals surface area contributed by atoms with Crippen molar-refractivity contribution >= 4 is 44.3 Å². The summed E-state index contributed by atoms with van der Waals surface area (Å²) in [5.74, 6) is -1.20. The second kappa shape index (κ2) is 8.37. The molecule has 2 heterocycles. The van der Waals surface area contributed by atoms with Crippen molar-refractivity contribution in [1.82, 2.24) is 13.8 Å². The largest absolute Gasteiger partial charge is 0.420 e. The number of halogens is 1. The first-order valence-electron chi connectivity index (χ1n) is 9.48. The smallest absolute Gasteiger partial charge is 0.407 e. The Balaban J connectivity index is 1.46. The zero-order chi connectivity index (χ0) is 23.0. The monoisotopic (exact) mass is 480 g/mol. The summed E-state index contributed by atoms with van der Waals surface area (Å²) in [7, 11) is -3.74. The van der Waals surface area contributed by atoms with Gasteiger partial charge in [0.05, 0.1) is 21.4 Å². The number of oxazole rings is 1. The van der Waals surface area contributed by atoms with Gasteiger partial charge in [-0.05, 0) is 24.3 Å². The molecule has 1 amide bonds. The van der Waals surface area contributed by atoms with Crippen molar-refractivity contribution in [2.24, 2.45) is 0 Å². The Morgan fingerprint density at radius 1 is 1.12 bits per heavy atom. The number of benzene rings is 2. The van der Waals surface area contributed by atoms with Crippen molar-refractivity contribution in [2.75, 3.05) is 26.2 Å². The van der Waals surface area contributed by atoms with Crippen LogP contribution < -0.4 is 5.76 Å². The molecule has 1 aromatic heterocycles. The Hall–Kier alpha value is -3.22. The fourth-order valence-corrected chi connectivity index (χ4v) is 5.23. The van der Waals surface area contributed by atoms with E-state index in [1.54, 1.807) is 12.1 Å². The summed E-state index contributed by atoms with van der Waals surface area (Å²) in [6.45, 7) is 0.148. The number of nitrogens with zero attached hydrogens (tertiary/aromatic N) is 4. The third-order valence-electron chi connectivity index (χ3n) is 5.18. The van der Waals surface area contributed by atoms with Gasteiger partial charge in [0.2, 0.25) is 15.9 Å². The zero-order valence-electron chi connectivity index (χ0n) is 16.5. The summed E-state index contributed by atoms with van der Waals surface area (Å²) >= 11 is 5.90. The molecular weight excluding hydrogens is 464 g/mol. The number of aromatic nitrogens is 1. The molecule has 2 aromatic carbocycles. The van der Waals surface area contributed by atoms with Crippen molar-refractivity contribution in [1.29, 1.82) is 0 Å². The number of piperazine rings is 1. The molecule has 0 saturated carbocycles. The molecule has 0 unspecified atom stereocenters. The fraction of sp³-hybridized carbons (Fsp3) is 0.263. The molecule has 4 rings (SSSR count). The van der Waals surface area contributed by atoms with Crippen molar-refractivity contribution in [3.63, 3.8) is 0 Å². The number of carbonyl (C=O) groups excluding carboxylic acids is 1. The Kier molecular flexibility index (Phi) is 5.75. The van der Waals surface area contributed by atoms with Crippen LogP contribution in [0.1, 0.15) is 0 Å². The SMILES string of the molecule is O=C(Cn1c(=O)oc2cc([N+](=O)[O-])ccc21)N1CCN(S(=O)(=O)c2cccc(Cl)c2)CC1. The molecule has 11 nitrogen and oxygen atoms in total. The van der Waals surface area contributed by atoms with E-state index >= 15 is 0 Å². The van der Waals surface area contributed by atoms with Crippen LogP contribution >= 0.6 is 11.6 Å². The molecule has 0 atom stereocenters. The number of amides is 1. The third kappa shape index (κ3) is 4.11. The summed E-state index contributed by atoms with van der Waals surface area (Å²) in [5, 5.41) is 11.2. The van der Waals surface area contributed by atoms with Crippen LogP contribution in [0, 0.1) is 10.1 Å². The van der Waals surface area contributed by atoms with E-state index in [2.05, 4.69) is 0 Å².